The first-order valence-corrected chi connectivity index (χ1v) is 5.27. The van der Waals surface area contributed by atoms with Crippen LogP contribution in [0.1, 0.15) is 13.3 Å². The monoisotopic (exact) mass is 195 g/mol. The molecule has 3 fully saturated rings. The number of esters is 1. The van der Waals surface area contributed by atoms with Crippen LogP contribution in [-0.4, -0.2) is 37.6 Å². The Kier molecular flexibility index (Phi) is 2.59. The lowest BCUT2D eigenvalue weighted by Crippen LogP contribution is -2.48. The summed E-state index contributed by atoms with van der Waals surface area (Å²) in [5, 5.41) is 0. The molecule has 0 amide bonds. The van der Waals surface area contributed by atoms with Crippen LogP contribution in [-0.2, 0) is 9.53 Å². The first-order valence-electron chi connectivity index (χ1n) is 5.27. The van der Waals surface area contributed by atoms with Crippen molar-refractivity contribution in [2.75, 3.05) is 26.7 Å². The predicted octanol–water partition coefficient (Wildman–Crippen LogP) is 1.06. The topological polar surface area (TPSA) is 29.5 Å². The Morgan fingerprint density at radius 1 is 1.57 bits per heavy atom. The Balaban J connectivity index is 1.97. The zero-order valence-electron chi connectivity index (χ0n) is 8.82. The van der Waals surface area contributed by atoms with Gasteiger partial charge in [-0.1, -0.05) is 5.57 Å². The van der Waals surface area contributed by atoms with Gasteiger partial charge in [0.2, 0.25) is 0 Å². The van der Waals surface area contributed by atoms with Crippen molar-refractivity contribution >= 4 is 5.97 Å². The molecule has 2 aliphatic heterocycles. The molecule has 1 saturated carbocycles. The summed E-state index contributed by atoms with van der Waals surface area (Å²) in [6, 6.07) is 0. The third kappa shape index (κ3) is 1.69. The number of fused-ring (bicyclic) bond motifs is 2. The smallest absolute Gasteiger partial charge is 0.330 e. The van der Waals surface area contributed by atoms with Gasteiger partial charge >= 0.3 is 5.97 Å². The Bertz CT molecular complexity index is 258. The summed E-state index contributed by atoms with van der Waals surface area (Å²) in [6.07, 6.45) is 2.98. The molecule has 2 saturated heterocycles. The van der Waals surface area contributed by atoms with Gasteiger partial charge in [0, 0.05) is 19.2 Å². The molecule has 0 N–H and O–H groups in total. The van der Waals surface area contributed by atoms with Crippen LogP contribution >= 0.6 is 0 Å². The van der Waals surface area contributed by atoms with Gasteiger partial charge in [0.1, 0.15) is 0 Å². The Labute approximate surface area is 84.7 Å². The molecule has 0 aromatic rings. The van der Waals surface area contributed by atoms with Gasteiger partial charge < -0.3 is 9.64 Å². The van der Waals surface area contributed by atoms with Crippen molar-refractivity contribution in [1.82, 2.24) is 4.90 Å². The van der Waals surface area contributed by atoms with Crippen LogP contribution in [0.5, 0.6) is 0 Å². The zero-order chi connectivity index (χ0) is 10.1. The van der Waals surface area contributed by atoms with Crippen LogP contribution in [0.4, 0.5) is 0 Å². The molecule has 1 aliphatic carbocycles. The summed E-state index contributed by atoms with van der Waals surface area (Å²) >= 11 is 0. The minimum Gasteiger partial charge on any atom is -0.463 e. The summed E-state index contributed by atoms with van der Waals surface area (Å²) in [7, 11) is 2.14. The molecular weight excluding hydrogens is 178 g/mol. The molecule has 2 bridgehead atoms. The summed E-state index contributed by atoms with van der Waals surface area (Å²) < 4.78 is 4.91. The Hall–Kier alpha value is -0.830. The van der Waals surface area contributed by atoms with Crippen LogP contribution < -0.4 is 0 Å². The lowest BCUT2D eigenvalue weighted by molar-refractivity contribution is -0.137. The van der Waals surface area contributed by atoms with E-state index in [4.69, 9.17) is 4.74 Å². The summed E-state index contributed by atoms with van der Waals surface area (Å²) in [5.74, 6) is 1.06. The molecule has 2 heterocycles. The Morgan fingerprint density at radius 3 is 2.79 bits per heavy atom. The van der Waals surface area contributed by atoms with Crippen LogP contribution in [0.2, 0.25) is 0 Å². The number of carbonyl (C=O) groups excluding carboxylic acids is 1. The number of carbonyl (C=O) groups is 1. The van der Waals surface area contributed by atoms with Gasteiger partial charge in [0.05, 0.1) is 6.61 Å². The molecule has 2 unspecified atom stereocenters. The molecule has 3 rings (SSSR count). The molecule has 0 aromatic heterocycles. The van der Waals surface area contributed by atoms with Gasteiger partial charge in [0.15, 0.2) is 0 Å². The molecule has 3 aliphatic rings. The van der Waals surface area contributed by atoms with E-state index in [2.05, 4.69) is 11.9 Å². The van der Waals surface area contributed by atoms with Crippen LogP contribution in [0, 0.1) is 11.8 Å². The van der Waals surface area contributed by atoms with Crippen LogP contribution in [0.15, 0.2) is 11.6 Å². The molecule has 14 heavy (non-hydrogen) atoms. The second-order valence-corrected chi connectivity index (χ2v) is 4.25. The van der Waals surface area contributed by atoms with Gasteiger partial charge in [-0.2, -0.15) is 0 Å². The number of hydrogen-bond acceptors (Lipinski definition) is 3. The standard InChI is InChI=1S/C11H17NO2/c1-3-14-11(13)5-10-8-4-9(10)7-12(2)6-8/h5,8-9H,3-4,6-7H2,1-2H3. The average Bonchev–Trinajstić information content (AvgIpc) is 2.14. The van der Waals surface area contributed by atoms with Crippen molar-refractivity contribution in [3.63, 3.8) is 0 Å². The number of hydrogen-bond donors (Lipinski definition) is 0. The molecule has 3 heteroatoms. The molecule has 0 spiro atoms. The zero-order valence-corrected chi connectivity index (χ0v) is 8.82. The lowest BCUT2D eigenvalue weighted by Gasteiger charge is -2.48. The summed E-state index contributed by atoms with van der Waals surface area (Å²) in [4.78, 5) is 13.6. The quantitative estimate of drug-likeness (QED) is 0.487. The van der Waals surface area contributed by atoms with E-state index < -0.39 is 0 Å². The van der Waals surface area contributed by atoms with E-state index in [9.17, 15) is 4.79 Å². The first-order chi connectivity index (χ1) is 6.70. The highest BCUT2D eigenvalue weighted by atomic mass is 16.5. The largest absolute Gasteiger partial charge is 0.463 e. The van der Waals surface area contributed by atoms with E-state index in [0.717, 1.165) is 13.1 Å². The van der Waals surface area contributed by atoms with E-state index in [0.29, 0.717) is 18.4 Å². The molecule has 0 radical (unpaired) electrons. The maximum absolute atomic E-state index is 11.2. The van der Waals surface area contributed by atoms with Gasteiger partial charge in [0.25, 0.3) is 0 Å². The maximum Gasteiger partial charge on any atom is 0.330 e. The van der Waals surface area contributed by atoms with Crippen LogP contribution in [0.25, 0.3) is 0 Å². The Morgan fingerprint density at radius 2 is 2.21 bits per heavy atom. The SMILES string of the molecule is CCOC(=O)C=C1C2CC1CN(C)C2. The lowest BCUT2D eigenvalue weighted by atomic mass is 9.66. The van der Waals surface area contributed by atoms with Gasteiger partial charge in [-0.3, -0.25) is 0 Å². The second-order valence-electron chi connectivity index (χ2n) is 4.25. The van der Waals surface area contributed by atoms with Gasteiger partial charge in [-0.25, -0.2) is 4.79 Å². The van der Waals surface area contributed by atoms with E-state index in [1.54, 1.807) is 6.08 Å². The van der Waals surface area contributed by atoms with Crippen molar-refractivity contribution < 1.29 is 9.53 Å². The third-order valence-corrected chi connectivity index (χ3v) is 3.15. The third-order valence-electron chi connectivity index (χ3n) is 3.15. The predicted molar refractivity (Wildman–Crippen MR) is 53.8 cm³/mol. The van der Waals surface area contributed by atoms with Crippen molar-refractivity contribution in [3.8, 4) is 0 Å². The van der Waals surface area contributed by atoms with Crippen molar-refractivity contribution in [2.24, 2.45) is 11.8 Å². The molecule has 78 valence electrons. The minimum absolute atomic E-state index is 0.165. The molecule has 0 aromatic carbocycles. The van der Waals surface area contributed by atoms with Crippen LogP contribution in [0.3, 0.4) is 0 Å². The first kappa shape index (κ1) is 9.71. The van der Waals surface area contributed by atoms with Crippen molar-refractivity contribution in [2.45, 2.75) is 13.3 Å². The van der Waals surface area contributed by atoms with E-state index in [1.165, 1.54) is 12.0 Å². The second kappa shape index (κ2) is 3.73. The molecule has 2 atom stereocenters. The highest BCUT2D eigenvalue weighted by Crippen LogP contribution is 2.44. The average molecular weight is 195 g/mol. The maximum atomic E-state index is 11.2. The number of nitrogens with zero attached hydrogens (tertiary/aromatic N) is 1. The van der Waals surface area contributed by atoms with E-state index in [-0.39, 0.29) is 5.97 Å². The van der Waals surface area contributed by atoms with E-state index >= 15 is 0 Å². The highest BCUT2D eigenvalue weighted by molar-refractivity contribution is 5.83. The molecular formula is C11H17NO2. The number of piperidine rings is 2. The fraction of sp³-hybridized carbons (Fsp3) is 0.727. The fourth-order valence-electron chi connectivity index (χ4n) is 2.53. The van der Waals surface area contributed by atoms with Crippen molar-refractivity contribution in [3.05, 3.63) is 11.6 Å². The highest BCUT2D eigenvalue weighted by Gasteiger charge is 2.40. The fourth-order valence-corrected chi connectivity index (χ4v) is 2.53. The van der Waals surface area contributed by atoms with Gasteiger partial charge in [-0.15, -0.1) is 0 Å². The molecule has 3 nitrogen and oxygen atoms in total. The van der Waals surface area contributed by atoms with E-state index in [1.807, 2.05) is 6.92 Å². The number of ether oxygens (including phenoxy) is 1. The summed E-state index contributed by atoms with van der Waals surface area (Å²) in [6.45, 7) is 4.51. The van der Waals surface area contributed by atoms with Gasteiger partial charge in [-0.05, 0) is 32.2 Å². The summed E-state index contributed by atoms with van der Waals surface area (Å²) in [5.41, 5.74) is 1.32. The number of rotatable bonds is 2. The van der Waals surface area contributed by atoms with Crippen molar-refractivity contribution in [1.29, 1.82) is 0 Å². The minimum atomic E-state index is -0.165. The normalized spacial score (nSPS) is 30.9.